The maximum Gasteiger partial charge on any atom is 0.490 e. The molecule has 3 heterocycles. The number of benzene rings is 1. The molecule has 1 aliphatic carbocycles. The topological polar surface area (TPSA) is 157 Å². The van der Waals surface area contributed by atoms with Crippen LogP contribution in [0.15, 0.2) is 53.7 Å². The highest BCUT2D eigenvalue weighted by molar-refractivity contribution is 7.90. The molecule has 39 heavy (non-hydrogen) atoms. The summed E-state index contributed by atoms with van der Waals surface area (Å²) in [5, 5.41) is 16.9. The van der Waals surface area contributed by atoms with Gasteiger partial charge in [0.25, 0.3) is 10.0 Å². The van der Waals surface area contributed by atoms with Crippen LogP contribution < -0.4 is 5.73 Å². The molecule has 1 aromatic carbocycles. The molecule has 1 saturated carbocycles. The predicted octanol–water partition coefficient (Wildman–Crippen LogP) is 4.36. The number of carboxylic acid groups (broad SMARTS) is 1. The third kappa shape index (κ3) is 5.59. The molecule has 1 aliphatic rings. The Morgan fingerprint density at radius 2 is 1.79 bits per heavy atom. The Morgan fingerprint density at radius 1 is 1.15 bits per heavy atom. The molecule has 3 N–H and O–H groups in total. The van der Waals surface area contributed by atoms with Crippen molar-refractivity contribution in [3.63, 3.8) is 0 Å². The minimum absolute atomic E-state index is 0.214. The molecular weight excluding hydrogens is 537 g/mol. The van der Waals surface area contributed by atoms with E-state index < -0.39 is 22.2 Å². The molecule has 206 valence electrons. The summed E-state index contributed by atoms with van der Waals surface area (Å²) < 4.78 is 61.6. The summed E-state index contributed by atoms with van der Waals surface area (Å²) in [6.07, 6.45) is 2.55. The van der Waals surface area contributed by atoms with Crippen molar-refractivity contribution in [2.24, 2.45) is 11.7 Å². The molecule has 14 heteroatoms. The summed E-state index contributed by atoms with van der Waals surface area (Å²) in [6.45, 7) is 0.289. The Kier molecular flexibility index (Phi) is 7.94. The second-order valence-electron chi connectivity index (χ2n) is 9.10. The van der Waals surface area contributed by atoms with Crippen molar-refractivity contribution in [1.29, 1.82) is 5.26 Å². The van der Waals surface area contributed by atoms with Gasteiger partial charge in [0.05, 0.1) is 29.2 Å². The van der Waals surface area contributed by atoms with Gasteiger partial charge in [0.15, 0.2) is 5.65 Å². The van der Waals surface area contributed by atoms with Crippen LogP contribution in [0.5, 0.6) is 0 Å². The average molecular weight is 563 g/mol. The van der Waals surface area contributed by atoms with Gasteiger partial charge in [-0.25, -0.2) is 27.2 Å². The van der Waals surface area contributed by atoms with Crippen molar-refractivity contribution < 1.29 is 31.5 Å². The van der Waals surface area contributed by atoms with Crippen molar-refractivity contribution >= 4 is 38.1 Å². The molecule has 0 unspecified atom stereocenters. The van der Waals surface area contributed by atoms with Crippen LogP contribution in [0.4, 0.5) is 13.2 Å². The maximum atomic E-state index is 13.2. The van der Waals surface area contributed by atoms with Crippen molar-refractivity contribution in [2.45, 2.75) is 55.8 Å². The first-order valence-corrected chi connectivity index (χ1v) is 13.5. The van der Waals surface area contributed by atoms with Gasteiger partial charge in [-0.1, -0.05) is 18.2 Å². The minimum atomic E-state index is -5.08. The highest BCUT2D eigenvalue weighted by atomic mass is 32.2. The van der Waals surface area contributed by atoms with Gasteiger partial charge >= 0.3 is 12.1 Å². The van der Waals surface area contributed by atoms with Gasteiger partial charge in [-0.2, -0.15) is 18.4 Å². The van der Waals surface area contributed by atoms with Gasteiger partial charge < -0.3 is 15.4 Å². The standard InChI is InChI=1S/C23H24N6O2S.C2HF3O2/c24-12-10-16-6-8-17(9-7-16)29-21(14-25)27-20-15-26-23-19(22(20)29)11-13-28(23)32(30,31)18-4-2-1-3-5-18;3-2(4,5)1(6)7/h1-5,11,13,15-17H,6-10,14,25H2;(H,6,7)/t16-,17-;. The van der Waals surface area contributed by atoms with Crippen LogP contribution in [-0.4, -0.2) is 44.2 Å². The zero-order valence-electron chi connectivity index (χ0n) is 20.5. The third-order valence-corrected chi connectivity index (χ3v) is 8.37. The second kappa shape index (κ2) is 11.0. The number of aromatic nitrogens is 4. The van der Waals surface area contributed by atoms with Crippen LogP contribution in [0.3, 0.4) is 0 Å². The summed E-state index contributed by atoms with van der Waals surface area (Å²) in [6, 6.07) is 12.7. The number of carbonyl (C=O) groups is 1. The number of rotatable bonds is 5. The number of hydrogen-bond donors (Lipinski definition) is 2. The Labute approximate surface area is 221 Å². The second-order valence-corrected chi connectivity index (χ2v) is 10.9. The molecule has 0 saturated heterocycles. The fourth-order valence-electron chi connectivity index (χ4n) is 4.87. The third-order valence-electron chi connectivity index (χ3n) is 6.69. The summed E-state index contributed by atoms with van der Waals surface area (Å²) in [5.74, 6) is -1.55. The highest BCUT2D eigenvalue weighted by Gasteiger charge is 2.38. The van der Waals surface area contributed by atoms with Crippen LogP contribution >= 0.6 is 0 Å². The smallest absolute Gasteiger partial charge is 0.475 e. The first-order valence-electron chi connectivity index (χ1n) is 12.0. The lowest BCUT2D eigenvalue weighted by Crippen LogP contribution is -2.21. The number of nitrogens with zero attached hydrogens (tertiary/aromatic N) is 5. The molecule has 1 fully saturated rings. The zero-order valence-corrected chi connectivity index (χ0v) is 21.4. The molecule has 10 nitrogen and oxygen atoms in total. The quantitative estimate of drug-likeness (QED) is 0.363. The van der Waals surface area contributed by atoms with E-state index in [0.717, 1.165) is 42.4 Å². The van der Waals surface area contributed by atoms with E-state index in [9.17, 15) is 21.6 Å². The van der Waals surface area contributed by atoms with E-state index in [1.165, 1.54) is 3.97 Å². The zero-order chi connectivity index (χ0) is 28.4. The van der Waals surface area contributed by atoms with Crippen molar-refractivity contribution in [3.05, 3.63) is 54.6 Å². The molecular formula is C25H25F3N6O4S. The number of nitriles is 1. The number of hydrogen-bond acceptors (Lipinski definition) is 7. The summed E-state index contributed by atoms with van der Waals surface area (Å²) in [4.78, 5) is 18.3. The Hall–Kier alpha value is -3.96. The number of carboxylic acids is 1. The SMILES string of the molecule is N#CC[C@H]1CC[C@H](n2c(CN)nc3cnc4c(ccn4S(=O)(=O)c4ccccc4)c32)CC1.O=C(O)C(F)(F)F. The molecule has 3 aromatic heterocycles. The van der Waals surface area contributed by atoms with Gasteiger partial charge in [-0.15, -0.1) is 0 Å². The molecule has 5 rings (SSSR count). The Bertz CT molecular complexity index is 1630. The first-order chi connectivity index (χ1) is 18.5. The lowest BCUT2D eigenvalue weighted by molar-refractivity contribution is -0.192. The van der Waals surface area contributed by atoms with E-state index in [1.807, 2.05) is 0 Å². The summed E-state index contributed by atoms with van der Waals surface area (Å²) >= 11 is 0. The fraction of sp³-hybridized carbons (Fsp3) is 0.360. The number of pyridine rings is 1. The first kappa shape index (κ1) is 28.1. The molecule has 0 bridgehead atoms. The Balaban J connectivity index is 0.000000448. The number of halogens is 3. The van der Waals surface area contributed by atoms with E-state index >= 15 is 0 Å². The monoisotopic (exact) mass is 562 g/mol. The summed E-state index contributed by atoms with van der Waals surface area (Å²) in [5.41, 5.74) is 8.01. The number of nitrogens with two attached hydrogens (primary N) is 1. The van der Waals surface area contributed by atoms with Crippen LogP contribution in [-0.2, 0) is 21.4 Å². The van der Waals surface area contributed by atoms with Gasteiger partial charge in [0.1, 0.15) is 11.3 Å². The number of fused-ring (bicyclic) bond motifs is 3. The molecule has 0 amide bonds. The number of imidazole rings is 1. The van der Waals surface area contributed by atoms with E-state index in [1.54, 1.807) is 48.8 Å². The van der Waals surface area contributed by atoms with Crippen LogP contribution in [0.25, 0.3) is 22.1 Å². The van der Waals surface area contributed by atoms with Crippen molar-refractivity contribution in [1.82, 2.24) is 18.5 Å². The summed E-state index contributed by atoms with van der Waals surface area (Å²) in [7, 11) is -3.77. The Morgan fingerprint density at radius 3 is 2.36 bits per heavy atom. The average Bonchev–Trinajstić information content (AvgIpc) is 3.51. The molecule has 0 atom stereocenters. The van der Waals surface area contributed by atoms with E-state index in [4.69, 9.17) is 25.9 Å². The fourth-order valence-corrected chi connectivity index (χ4v) is 6.19. The van der Waals surface area contributed by atoms with Crippen LogP contribution in [0.1, 0.15) is 44.0 Å². The molecule has 0 aliphatic heterocycles. The number of aliphatic carboxylic acids is 1. The lowest BCUT2D eigenvalue weighted by Gasteiger charge is -2.29. The normalized spacial score (nSPS) is 17.9. The van der Waals surface area contributed by atoms with Gasteiger partial charge in [0, 0.05) is 24.0 Å². The number of alkyl halides is 3. The highest BCUT2D eigenvalue weighted by Crippen LogP contribution is 2.38. The predicted molar refractivity (Wildman–Crippen MR) is 135 cm³/mol. The van der Waals surface area contributed by atoms with Crippen molar-refractivity contribution in [3.8, 4) is 6.07 Å². The van der Waals surface area contributed by atoms with Gasteiger partial charge in [0.2, 0.25) is 0 Å². The largest absolute Gasteiger partial charge is 0.490 e. The molecule has 4 aromatic rings. The van der Waals surface area contributed by atoms with E-state index in [-0.39, 0.29) is 17.5 Å². The van der Waals surface area contributed by atoms with Crippen molar-refractivity contribution in [2.75, 3.05) is 0 Å². The maximum absolute atomic E-state index is 13.2. The van der Waals surface area contributed by atoms with Crippen LogP contribution in [0.2, 0.25) is 0 Å². The van der Waals surface area contributed by atoms with Gasteiger partial charge in [-0.3, -0.25) is 0 Å². The molecule has 0 spiro atoms. The minimum Gasteiger partial charge on any atom is -0.475 e. The lowest BCUT2D eigenvalue weighted by atomic mass is 9.84. The van der Waals surface area contributed by atoms with E-state index in [2.05, 4.69) is 15.6 Å². The van der Waals surface area contributed by atoms with E-state index in [0.29, 0.717) is 23.5 Å². The van der Waals surface area contributed by atoms with Crippen LogP contribution in [0, 0.1) is 17.2 Å². The molecule has 0 radical (unpaired) electrons. The van der Waals surface area contributed by atoms with Gasteiger partial charge in [-0.05, 0) is 49.8 Å².